The summed E-state index contributed by atoms with van der Waals surface area (Å²) in [5.74, 6) is 1.07. The Hall–Kier alpha value is -3.73. The van der Waals surface area contributed by atoms with E-state index in [2.05, 4.69) is 85.3 Å². The first-order valence-electron chi connectivity index (χ1n) is 11.9. The number of rotatable bonds is 6. The highest BCUT2D eigenvalue weighted by Gasteiger charge is 2.20. The third kappa shape index (κ3) is 3.81. The second-order valence-corrected chi connectivity index (χ2v) is 9.14. The van der Waals surface area contributed by atoms with E-state index in [0.717, 1.165) is 61.9 Å². The molecule has 0 saturated heterocycles. The van der Waals surface area contributed by atoms with Gasteiger partial charge in [-0.15, -0.1) is 0 Å². The lowest BCUT2D eigenvalue weighted by Gasteiger charge is -2.19. The van der Waals surface area contributed by atoms with Crippen molar-refractivity contribution in [2.75, 3.05) is 0 Å². The van der Waals surface area contributed by atoms with Gasteiger partial charge >= 0.3 is 0 Å². The number of ether oxygens (including phenoxy) is 1. The molecule has 34 heavy (non-hydrogen) atoms. The summed E-state index contributed by atoms with van der Waals surface area (Å²) in [4.78, 5) is 9.81. The lowest BCUT2D eigenvalue weighted by atomic mass is 9.89. The topological polar surface area (TPSA) is 63.7 Å². The zero-order chi connectivity index (χ0) is 23.8. The summed E-state index contributed by atoms with van der Waals surface area (Å²) in [7, 11) is 0. The summed E-state index contributed by atoms with van der Waals surface area (Å²) in [6.45, 7) is 11.1. The normalized spacial score (nSPS) is 11.6. The first kappa shape index (κ1) is 22.1. The van der Waals surface area contributed by atoms with Gasteiger partial charge in [-0.3, -0.25) is 10.1 Å². The molecule has 3 aromatic heterocycles. The van der Waals surface area contributed by atoms with Gasteiger partial charge in [0.15, 0.2) is 0 Å². The SMILES string of the molecule is CCc1ccc(C)nc1OCc1c(C)nc(-c2c(C(C)C)ccc3[nH]ncc23)c2ccccc12. The maximum absolute atomic E-state index is 6.28. The van der Waals surface area contributed by atoms with Crippen LogP contribution in [0.1, 0.15) is 54.8 Å². The van der Waals surface area contributed by atoms with E-state index in [9.17, 15) is 0 Å². The van der Waals surface area contributed by atoms with Gasteiger partial charge in [0, 0.05) is 38.9 Å². The number of aryl methyl sites for hydroxylation is 3. The predicted molar refractivity (Wildman–Crippen MR) is 138 cm³/mol. The molecular weight excluding hydrogens is 420 g/mol. The Labute approximate surface area is 200 Å². The van der Waals surface area contributed by atoms with Crippen molar-refractivity contribution in [3.05, 3.63) is 82.8 Å². The van der Waals surface area contributed by atoms with Crippen LogP contribution in [-0.4, -0.2) is 20.2 Å². The Balaban J connectivity index is 1.67. The van der Waals surface area contributed by atoms with Crippen molar-refractivity contribution in [2.45, 2.75) is 53.6 Å². The van der Waals surface area contributed by atoms with Gasteiger partial charge in [0.1, 0.15) is 6.61 Å². The van der Waals surface area contributed by atoms with Crippen LogP contribution >= 0.6 is 0 Å². The lowest BCUT2D eigenvalue weighted by Crippen LogP contribution is -2.06. The molecule has 0 bridgehead atoms. The zero-order valence-corrected chi connectivity index (χ0v) is 20.4. The highest BCUT2D eigenvalue weighted by molar-refractivity contribution is 6.05. The fourth-order valence-electron chi connectivity index (χ4n) is 4.69. The minimum atomic E-state index is 0.359. The fourth-order valence-corrected chi connectivity index (χ4v) is 4.69. The van der Waals surface area contributed by atoms with Crippen molar-refractivity contribution in [1.82, 2.24) is 20.2 Å². The number of benzene rings is 2. The van der Waals surface area contributed by atoms with Crippen molar-refractivity contribution in [3.63, 3.8) is 0 Å². The Morgan fingerprint density at radius 1 is 0.912 bits per heavy atom. The Morgan fingerprint density at radius 3 is 2.47 bits per heavy atom. The second-order valence-electron chi connectivity index (χ2n) is 9.14. The van der Waals surface area contributed by atoms with Crippen LogP contribution in [0, 0.1) is 13.8 Å². The van der Waals surface area contributed by atoms with Gasteiger partial charge in [-0.05, 0) is 49.3 Å². The molecule has 5 heteroatoms. The maximum Gasteiger partial charge on any atom is 0.217 e. The van der Waals surface area contributed by atoms with Gasteiger partial charge in [-0.25, -0.2) is 4.98 Å². The van der Waals surface area contributed by atoms with E-state index in [-0.39, 0.29) is 0 Å². The van der Waals surface area contributed by atoms with Crippen LogP contribution in [0.25, 0.3) is 32.9 Å². The van der Waals surface area contributed by atoms with Crippen LogP contribution in [0.15, 0.2) is 54.7 Å². The molecule has 5 nitrogen and oxygen atoms in total. The van der Waals surface area contributed by atoms with Gasteiger partial charge in [0.05, 0.1) is 17.4 Å². The predicted octanol–water partition coefficient (Wildman–Crippen LogP) is 7.05. The van der Waals surface area contributed by atoms with Crippen LogP contribution in [0.4, 0.5) is 0 Å². The first-order chi connectivity index (χ1) is 16.5. The minimum absolute atomic E-state index is 0.359. The molecule has 5 rings (SSSR count). The number of H-pyrrole nitrogens is 1. The molecule has 1 N–H and O–H groups in total. The van der Waals surface area contributed by atoms with Crippen molar-refractivity contribution in [3.8, 4) is 17.1 Å². The van der Waals surface area contributed by atoms with E-state index in [1.54, 1.807) is 0 Å². The molecule has 5 aromatic rings. The average molecular weight is 451 g/mol. The van der Waals surface area contributed by atoms with Gasteiger partial charge in [-0.2, -0.15) is 5.10 Å². The molecule has 0 unspecified atom stereocenters. The first-order valence-corrected chi connectivity index (χ1v) is 11.9. The monoisotopic (exact) mass is 450 g/mol. The summed E-state index contributed by atoms with van der Waals surface area (Å²) in [5, 5.41) is 10.8. The molecule has 0 spiro atoms. The summed E-state index contributed by atoms with van der Waals surface area (Å²) in [6, 6.07) is 16.9. The second kappa shape index (κ2) is 8.90. The van der Waals surface area contributed by atoms with Crippen LogP contribution in [0.2, 0.25) is 0 Å². The number of nitrogens with zero attached hydrogens (tertiary/aromatic N) is 3. The third-order valence-electron chi connectivity index (χ3n) is 6.55. The fraction of sp³-hybridized carbons (Fsp3) is 0.276. The smallest absolute Gasteiger partial charge is 0.217 e. The summed E-state index contributed by atoms with van der Waals surface area (Å²) in [6.07, 6.45) is 2.79. The quantitative estimate of drug-likeness (QED) is 0.301. The molecule has 0 fully saturated rings. The largest absolute Gasteiger partial charge is 0.472 e. The Kier molecular flexibility index (Phi) is 5.78. The maximum atomic E-state index is 6.28. The minimum Gasteiger partial charge on any atom is -0.472 e. The van der Waals surface area contributed by atoms with E-state index in [1.165, 1.54) is 5.56 Å². The highest BCUT2D eigenvalue weighted by Crippen LogP contribution is 2.39. The number of fused-ring (bicyclic) bond motifs is 2. The molecule has 172 valence electrons. The van der Waals surface area contributed by atoms with E-state index < -0.39 is 0 Å². The highest BCUT2D eigenvalue weighted by atomic mass is 16.5. The molecule has 0 radical (unpaired) electrons. The number of pyridine rings is 2. The molecule has 3 heterocycles. The van der Waals surface area contributed by atoms with E-state index in [0.29, 0.717) is 18.4 Å². The standard InChI is InChI=1S/C29H30N4O/c1-6-20-12-11-18(4)31-29(20)34-16-25-19(5)32-28(23-10-8-7-9-22(23)25)27-21(17(2)3)13-14-26-24(27)15-30-33-26/h7-15,17H,6,16H2,1-5H3,(H,30,33). The van der Waals surface area contributed by atoms with Crippen LogP contribution in [0.3, 0.4) is 0 Å². The summed E-state index contributed by atoms with van der Waals surface area (Å²) >= 11 is 0. The van der Waals surface area contributed by atoms with Crippen molar-refractivity contribution in [2.24, 2.45) is 0 Å². The number of nitrogens with one attached hydrogen (secondary N) is 1. The zero-order valence-electron chi connectivity index (χ0n) is 20.4. The number of aromatic amines is 1. The van der Waals surface area contributed by atoms with Crippen molar-refractivity contribution >= 4 is 21.7 Å². The molecule has 0 atom stereocenters. The Bertz CT molecular complexity index is 1500. The summed E-state index contributed by atoms with van der Waals surface area (Å²) in [5.41, 5.74) is 8.57. The van der Waals surface area contributed by atoms with Gasteiger partial charge in [0.25, 0.3) is 0 Å². The average Bonchev–Trinajstić information content (AvgIpc) is 3.31. The number of hydrogen-bond acceptors (Lipinski definition) is 4. The number of hydrogen-bond donors (Lipinski definition) is 1. The lowest BCUT2D eigenvalue weighted by molar-refractivity contribution is 0.290. The van der Waals surface area contributed by atoms with Crippen molar-refractivity contribution < 1.29 is 4.74 Å². The van der Waals surface area contributed by atoms with Crippen molar-refractivity contribution in [1.29, 1.82) is 0 Å². The molecule has 0 aliphatic rings. The molecule has 2 aromatic carbocycles. The Morgan fingerprint density at radius 2 is 1.71 bits per heavy atom. The van der Waals surface area contributed by atoms with Crippen LogP contribution in [-0.2, 0) is 13.0 Å². The molecular formula is C29H30N4O. The molecule has 0 aliphatic heterocycles. The van der Waals surface area contributed by atoms with E-state index >= 15 is 0 Å². The van der Waals surface area contributed by atoms with E-state index in [4.69, 9.17) is 9.72 Å². The van der Waals surface area contributed by atoms with Crippen LogP contribution < -0.4 is 4.74 Å². The summed E-state index contributed by atoms with van der Waals surface area (Å²) < 4.78 is 6.28. The molecule has 0 aliphatic carbocycles. The van der Waals surface area contributed by atoms with Gasteiger partial charge < -0.3 is 4.74 Å². The third-order valence-corrected chi connectivity index (χ3v) is 6.55. The molecule has 0 amide bonds. The van der Waals surface area contributed by atoms with Gasteiger partial charge in [0.2, 0.25) is 5.88 Å². The van der Waals surface area contributed by atoms with E-state index in [1.807, 2.05) is 19.2 Å². The molecule has 0 saturated carbocycles. The van der Waals surface area contributed by atoms with Gasteiger partial charge in [-0.1, -0.05) is 57.2 Å². The van der Waals surface area contributed by atoms with Crippen LogP contribution in [0.5, 0.6) is 5.88 Å². The number of aromatic nitrogens is 4.